The molecule has 2 aromatic carbocycles. The number of nitrogens with two attached hydrogens (primary N) is 1. The Kier molecular flexibility index (Phi) is 9.77. The average molecular weight is 798 g/mol. The molecule has 282 valence electrons. The summed E-state index contributed by atoms with van der Waals surface area (Å²) in [5.74, 6) is -0.615. The number of aromatic nitrogens is 3. The van der Waals surface area contributed by atoms with Crippen molar-refractivity contribution in [2.75, 3.05) is 64.6 Å². The maximum Gasteiger partial charge on any atom is 0.418 e. The molecule has 5 aliphatic rings. The van der Waals surface area contributed by atoms with Crippen LogP contribution in [0, 0.1) is 11.8 Å². The zero-order valence-corrected chi connectivity index (χ0v) is 31.0. The minimum Gasteiger partial charge on any atom is -0.397 e. The summed E-state index contributed by atoms with van der Waals surface area (Å²) < 4.78 is 43.6. The number of nitrogen functional groups attached to an aromatic ring is 1. The van der Waals surface area contributed by atoms with Crippen molar-refractivity contribution in [2.24, 2.45) is 11.8 Å². The lowest BCUT2D eigenvalue weighted by molar-refractivity contribution is -0.143. The second-order valence-electron chi connectivity index (χ2n) is 15.2. The van der Waals surface area contributed by atoms with Crippen LogP contribution >= 0.6 is 15.9 Å². The fraction of sp³-hybridized carbons (Fsp3) is 0.526. The van der Waals surface area contributed by atoms with Crippen LogP contribution in [0.25, 0.3) is 21.9 Å². The van der Waals surface area contributed by atoms with Gasteiger partial charge in [-0.15, -0.1) is 0 Å². The number of likely N-dealkylation sites (tertiary alicyclic amines) is 1. The smallest absolute Gasteiger partial charge is 0.397 e. The number of hydrogen-bond acceptors (Lipinski definition) is 7. The highest BCUT2D eigenvalue weighted by atomic mass is 79.9. The summed E-state index contributed by atoms with van der Waals surface area (Å²) >= 11 is 3.18. The predicted octanol–water partition coefficient (Wildman–Crippen LogP) is 4.89. The number of alkyl halides is 3. The number of carbonyl (C=O) groups is 2. The second-order valence-corrected chi connectivity index (χ2v) is 16.0. The summed E-state index contributed by atoms with van der Waals surface area (Å²) in [6, 6.07) is 10.5. The number of anilines is 1. The van der Waals surface area contributed by atoms with Gasteiger partial charge < -0.3 is 25.4 Å². The van der Waals surface area contributed by atoms with Gasteiger partial charge in [0.15, 0.2) is 0 Å². The van der Waals surface area contributed by atoms with Crippen molar-refractivity contribution in [3.8, 4) is 0 Å². The van der Waals surface area contributed by atoms with Crippen LogP contribution in [-0.2, 0) is 22.2 Å². The van der Waals surface area contributed by atoms with Crippen molar-refractivity contribution in [1.82, 2.24) is 34.1 Å². The number of amides is 2. The molecule has 5 fully saturated rings. The minimum absolute atomic E-state index is 0.0332. The highest BCUT2D eigenvalue weighted by Gasteiger charge is 2.40. The molecule has 2 atom stereocenters. The van der Waals surface area contributed by atoms with Crippen molar-refractivity contribution >= 4 is 55.4 Å². The number of para-hydroxylation sites is 1. The number of piperazine rings is 1. The molecule has 2 bridgehead atoms. The quantitative estimate of drug-likeness (QED) is 0.256. The van der Waals surface area contributed by atoms with E-state index in [2.05, 4.69) is 35.7 Å². The van der Waals surface area contributed by atoms with Crippen molar-refractivity contribution in [1.29, 1.82) is 0 Å². The number of piperidine rings is 4. The predicted molar refractivity (Wildman–Crippen MR) is 199 cm³/mol. The van der Waals surface area contributed by atoms with Gasteiger partial charge in [-0.2, -0.15) is 13.2 Å². The van der Waals surface area contributed by atoms with Gasteiger partial charge in [0.1, 0.15) is 0 Å². The molecule has 0 spiro atoms. The first kappa shape index (κ1) is 36.0. The topological polar surface area (TPSA) is 124 Å². The number of halogens is 4. The standard InChI is InChI=1S/C38H44BrF3N8O3/c39-29-19-23(18-28(34(29)43)38(40,41)42)17-25(36(52)49-15-13-47(14-16-49)32-22-46-9-5-24(32)6-10-46)20-33(51)48-11-7-26(8-12-48)50-31-21-44-30-4-2-1-3-27(30)35(31)45-37(50)53/h1-4,18-19,21,24-26,32H,5-17,20,22,43H2,(H,45,53)/t25-,32?/m0/s1. The molecule has 7 heterocycles. The van der Waals surface area contributed by atoms with Crippen LogP contribution in [0.5, 0.6) is 0 Å². The molecule has 5 aliphatic heterocycles. The summed E-state index contributed by atoms with van der Waals surface area (Å²) in [7, 11) is 0. The summed E-state index contributed by atoms with van der Waals surface area (Å²) in [5.41, 5.74) is 6.70. The molecule has 3 N–H and O–H groups in total. The summed E-state index contributed by atoms with van der Waals surface area (Å²) in [5, 5.41) is 0.861. The van der Waals surface area contributed by atoms with E-state index >= 15 is 0 Å². The van der Waals surface area contributed by atoms with E-state index in [0.29, 0.717) is 56.5 Å². The van der Waals surface area contributed by atoms with Gasteiger partial charge >= 0.3 is 11.9 Å². The Morgan fingerprint density at radius 2 is 1.68 bits per heavy atom. The van der Waals surface area contributed by atoms with E-state index in [-0.39, 0.29) is 46.4 Å². The monoisotopic (exact) mass is 796 g/mol. The van der Waals surface area contributed by atoms with E-state index in [1.54, 1.807) is 20.6 Å². The fourth-order valence-electron chi connectivity index (χ4n) is 9.23. The Morgan fingerprint density at radius 1 is 0.962 bits per heavy atom. The Labute approximate surface area is 313 Å². The number of fused-ring (bicyclic) bond motifs is 6. The van der Waals surface area contributed by atoms with Crippen LogP contribution in [-0.4, -0.2) is 111 Å². The van der Waals surface area contributed by atoms with Crippen LogP contribution in [0.2, 0.25) is 0 Å². The van der Waals surface area contributed by atoms with Gasteiger partial charge in [0, 0.05) is 74.2 Å². The molecule has 11 nitrogen and oxygen atoms in total. The number of hydrogen-bond donors (Lipinski definition) is 2. The zero-order valence-electron chi connectivity index (χ0n) is 29.5. The van der Waals surface area contributed by atoms with E-state index in [9.17, 15) is 27.6 Å². The average Bonchev–Trinajstić information content (AvgIpc) is 3.51. The number of imidazole rings is 1. The number of nitrogens with zero attached hydrogens (tertiary/aromatic N) is 6. The van der Waals surface area contributed by atoms with Crippen LogP contribution in [0.15, 0.2) is 51.9 Å². The lowest BCUT2D eigenvalue weighted by Crippen LogP contribution is -2.61. The van der Waals surface area contributed by atoms with Crippen molar-refractivity contribution < 1.29 is 22.8 Å². The lowest BCUT2D eigenvalue weighted by atomic mass is 9.83. The number of H-pyrrole nitrogens is 1. The molecule has 0 radical (unpaired) electrons. The van der Waals surface area contributed by atoms with E-state index in [1.165, 1.54) is 18.9 Å². The highest BCUT2D eigenvalue weighted by Crippen LogP contribution is 2.39. The number of carbonyl (C=O) groups excluding carboxylic acids is 2. The number of pyridine rings is 1. The van der Waals surface area contributed by atoms with E-state index < -0.39 is 23.3 Å². The van der Waals surface area contributed by atoms with Crippen molar-refractivity contribution in [2.45, 2.75) is 56.8 Å². The third-order valence-corrected chi connectivity index (χ3v) is 12.8. The minimum atomic E-state index is -4.68. The molecule has 2 amide bonds. The number of benzene rings is 2. The van der Waals surface area contributed by atoms with Gasteiger partial charge in [0.2, 0.25) is 11.8 Å². The third-order valence-electron chi connectivity index (χ3n) is 12.1. The van der Waals surface area contributed by atoms with Crippen LogP contribution in [0.1, 0.15) is 49.3 Å². The maximum absolute atomic E-state index is 14.3. The van der Waals surface area contributed by atoms with Crippen molar-refractivity contribution in [3.05, 3.63) is 68.7 Å². The fourth-order valence-corrected chi connectivity index (χ4v) is 9.74. The van der Waals surface area contributed by atoms with Crippen molar-refractivity contribution in [3.63, 3.8) is 0 Å². The van der Waals surface area contributed by atoms with E-state index in [1.807, 2.05) is 24.3 Å². The van der Waals surface area contributed by atoms with Gasteiger partial charge in [-0.25, -0.2) is 4.79 Å². The first-order valence-corrected chi connectivity index (χ1v) is 19.4. The van der Waals surface area contributed by atoms with Crippen LogP contribution in [0.3, 0.4) is 0 Å². The largest absolute Gasteiger partial charge is 0.418 e. The molecule has 4 aromatic rings. The van der Waals surface area contributed by atoms with Crippen LogP contribution in [0.4, 0.5) is 18.9 Å². The number of nitrogens with one attached hydrogen (secondary N) is 1. The molecular weight excluding hydrogens is 753 g/mol. The Bertz CT molecular complexity index is 2080. The SMILES string of the molecule is Nc1c(Br)cc(C[C@@H](CC(=O)N2CCC(n3c(=O)[nH]c4c5ccccc5ncc43)CC2)C(=O)N2CCN(C3CN4CCC3CC4)CC2)cc1C(F)(F)F. The molecule has 53 heavy (non-hydrogen) atoms. The van der Waals surface area contributed by atoms with Crippen LogP contribution < -0.4 is 11.4 Å². The normalized spacial score (nSPS) is 23.6. The van der Waals surface area contributed by atoms with Gasteiger partial charge in [-0.1, -0.05) is 18.2 Å². The summed E-state index contributed by atoms with van der Waals surface area (Å²) in [4.78, 5) is 57.4. The summed E-state index contributed by atoms with van der Waals surface area (Å²) in [6.45, 7) is 6.63. The molecular formula is C38H44BrF3N8O3. The maximum atomic E-state index is 14.3. The number of rotatable bonds is 7. The number of aromatic amines is 1. The molecule has 15 heteroatoms. The van der Waals surface area contributed by atoms with E-state index in [4.69, 9.17) is 5.73 Å². The van der Waals surface area contributed by atoms with E-state index in [0.717, 1.165) is 55.2 Å². The molecule has 0 aliphatic carbocycles. The molecule has 5 saturated heterocycles. The first-order chi connectivity index (χ1) is 25.4. The van der Waals surface area contributed by atoms with Gasteiger partial charge in [0.05, 0.1) is 39.9 Å². The first-order valence-electron chi connectivity index (χ1n) is 18.6. The molecule has 0 saturated carbocycles. The van der Waals surface area contributed by atoms with Gasteiger partial charge in [-0.3, -0.25) is 24.0 Å². The Morgan fingerprint density at radius 3 is 2.36 bits per heavy atom. The molecule has 2 aromatic heterocycles. The van der Waals surface area contributed by atoms with Gasteiger partial charge in [-0.05, 0) is 90.8 Å². The Balaban J connectivity index is 0.976. The summed E-state index contributed by atoms with van der Waals surface area (Å²) in [6.07, 6.45) is 0.342. The third kappa shape index (κ3) is 7.07. The second kappa shape index (κ2) is 14.4. The molecule has 1 unspecified atom stereocenters. The highest BCUT2D eigenvalue weighted by molar-refractivity contribution is 9.10. The van der Waals surface area contributed by atoms with Gasteiger partial charge in [0.25, 0.3) is 0 Å². The zero-order chi connectivity index (χ0) is 37.0. The Hall–Kier alpha value is -3.95. The lowest BCUT2D eigenvalue weighted by Gasteiger charge is -2.51. The molecule has 9 rings (SSSR count).